The van der Waals surface area contributed by atoms with Gasteiger partial charge in [-0.3, -0.25) is 4.79 Å². The molecule has 1 N–H and O–H groups in total. The van der Waals surface area contributed by atoms with E-state index in [4.69, 9.17) is 4.42 Å². The third-order valence-electron chi connectivity index (χ3n) is 4.36. The van der Waals surface area contributed by atoms with Gasteiger partial charge in [0.25, 0.3) is 0 Å². The fourth-order valence-electron chi connectivity index (χ4n) is 2.90. The summed E-state index contributed by atoms with van der Waals surface area (Å²) in [5, 5.41) is 2.56. The molecular weight excluding hydrogens is 407 g/mol. The molecule has 0 unspecified atom stereocenters. The van der Waals surface area contributed by atoms with E-state index in [1.807, 2.05) is 0 Å². The van der Waals surface area contributed by atoms with Crippen LogP contribution in [0.5, 0.6) is 0 Å². The average Bonchev–Trinajstić information content (AvgIpc) is 3.15. The Kier molecular flexibility index (Phi) is 6.49. The fraction of sp³-hybridized carbons (Fsp3) is 0.238. The molecular formula is C21H17F5N2O2. The number of rotatable bonds is 7. The summed E-state index contributed by atoms with van der Waals surface area (Å²) in [5.41, 5.74) is -0.577. The number of halogens is 5. The Balaban J connectivity index is 1.50. The second-order valence-corrected chi connectivity index (χ2v) is 6.50. The van der Waals surface area contributed by atoms with Gasteiger partial charge in [0.15, 0.2) is 11.7 Å². The van der Waals surface area contributed by atoms with Crippen LogP contribution in [0.1, 0.15) is 23.4 Å². The highest BCUT2D eigenvalue weighted by Crippen LogP contribution is 2.32. The SMILES string of the molecule is O=C(CCc1ncc(-c2ccc(F)cc2F)o1)NCCc1ccccc1C(F)(F)F. The first-order valence-electron chi connectivity index (χ1n) is 9.06. The standard InChI is InChI=1S/C21H17F5N2O2/c22-14-5-6-15(17(23)11-14)18-12-28-20(30-18)8-7-19(29)27-10-9-13-3-1-2-4-16(13)21(24,25)26/h1-6,11-12H,7-10H2,(H,27,29). The lowest BCUT2D eigenvalue weighted by Gasteiger charge is -2.12. The Morgan fingerprint density at radius 3 is 2.57 bits per heavy atom. The number of oxazole rings is 1. The van der Waals surface area contributed by atoms with E-state index < -0.39 is 23.4 Å². The number of hydrogen-bond donors (Lipinski definition) is 1. The molecule has 0 aliphatic carbocycles. The first-order chi connectivity index (χ1) is 14.2. The fourth-order valence-corrected chi connectivity index (χ4v) is 2.90. The topological polar surface area (TPSA) is 55.1 Å². The van der Waals surface area contributed by atoms with E-state index in [9.17, 15) is 26.7 Å². The minimum absolute atomic E-state index is 0.00717. The van der Waals surface area contributed by atoms with Crippen LogP contribution in [0.3, 0.4) is 0 Å². The van der Waals surface area contributed by atoms with Gasteiger partial charge in [-0.15, -0.1) is 0 Å². The smallest absolute Gasteiger partial charge is 0.416 e. The lowest BCUT2D eigenvalue weighted by molar-refractivity contribution is -0.138. The molecule has 0 spiro atoms. The van der Waals surface area contributed by atoms with Crippen LogP contribution in [-0.4, -0.2) is 17.4 Å². The highest BCUT2D eigenvalue weighted by Gasteiger charge is 2.32. The summed E-state index contributed by atoms with van der Waals surface area (Å²) in [6.45, 7) is 0.0452. The predicted molar refractivity (Wildman–Crippen MR) is 98.3 cm³/mol. The number of alkyl halides is 3. The van der Waals surface area contributed by atoms with Crippen LogP contribution in [-0.2, 0) is 23.8 Å². The zero-order valence-electron chi connectivity index (χ0n) is 15.6. The number of hydrogen-bond acceptors (Lipinski definition) is 3. The molecule has 1 amide bonds. The molecule has 2 aromatic carbocycles. The van der Waals surface area contributed by atoms with Crippen molar-refractivity contribution in [1.82, 2.24) is 10.3 Å². The summed E-state index contributed by atoms with van der Waals surface area (Å²) >= 11 is 0. The van der Waals surface area contributed by atoms with Crippen LogP contribution in [0.2, 0.25) is 0 Å². The molecule has 0 aliphatic rings. The molecule has 4 nitrogen and oxygen atoms in total. The van der Waals surface area contributed by atoms with E-state index >= 15 is 0 Å². The van der Waals surface area contributed by atoms with Crippen molar-refractivity contribution in [2.24, 2.45) is 0 Å². The normalized spacial score (nSPS) is 11.5. The van der Waals surface area contributed by atoms with Crippen molar-refractivity contribution in [2.45, 2.75) is 25.4 Å². The first-order valence-corrected chi connectivity index (χ1v) is 9.06. The number of nitrogens with zero attached hydrogens (tertiary/aromatic N) is 1. The second kappa shape index (κ2) is 9.06. The highest BCUT2D eigenvalue weighted by atomic mass is 19.4. The summed E-state index contributed by atoms with van der Waals surface area (Å²) in [6.07, 6.45) is -3.03. The molecule has 30 heavy (non-hydrogen) atoms. The third kappa shape index (κ3) is 5.43. The highest BCUT2D eigenvalue weighted by molar-refractivity contribution is 5.76. The summed E-state index contributed by atoms with van der Waals surface area (Å²) in [7, 11) is 0. The van der Waals surface area contributed by atoms with E-state index in [0.717, 1.165) is 18.2 Å². The minimum Gasteiger partial charge on any atom is -0.441 e. The Bertz CT molecular complexity index is 1030. The maximum atomic E-state index is 13.8. The third-order valence-corrected chi connectivity index (χ3v) is 4.36. The van der Waals surface area contributed by atoms with Gasteiger partial charge in [0.2, 0.25) is 5.91 Å². The Hall–Kier alpha value is -3.23. The van der Waals surface area contributed by atoms with Crippen molar-refractivity contribution >= 4 is 5.91 Å². The quantitative estimate of drug-likeness (QED) is 0.548. The molecule has 0 fully saturated rings. The summed E-state index contributed by atoms with van der Waals surface area (Å²) < 4.78 is 71.0. The van der Waals surface area contributed by atoms with Crippen LogP contribution in [0.25, 0.3) is 11.3 Å². The van der Waals surface area contributed by atoms with Gasteiger partial charge in [-0.25, -0.2) is 13.8 Å². The maximum Gasteiger partial charge on any atom is 0.416 e. The monoisotopic (exact) mass is 424 g/mol. The molecule has 158 valence electrons. The van der Waals surface area contributed by atoms with Gasteiger partial charge in [-0.05, 0) is 30.2 Å². The predicted octanol–water partition coefficient (Wildman–Crippen LogP) is 4.93. The number of nitrogens with one attached hydrogen (secondary N) is 1. The number of amides is 1. The van der Waals surface area contributed by atoms with Gasteiger partial charge in [-0.1, -0.05) is 18.2 Å². The van der Waals surface area contributed by atoms with Crippen LogP contribution in [0.4, 0.5) is 22.0 Å². The number of aryl methyl sites for hydroxylation is 1. The van der Waals surface area contributed by atoms with Crippen LogP contribution < -0.4 is 5.32 Å². The summed E-state index contributed by atoms with van der Waals surface area (Å²) in [6, 6.07) is 8.23. The zero-order chi connectivity index (χ0) is 21.7. The number of carbonyl (C=O) groups excluding carboxylic acids is 1. The molecule has 1 aromatic heterocycles. The zero-order valence-corrected chi connectivity index (χ0v) is 15.6. The largest absolute Gasteiger partial charge is 0.441 e. The first kappa shape index (κ1) is 21.5. The molecule has 0 atom stereocenters. The van der Waals surface area contributed by atoms with Crippen LogP contribution >= 0.6 is 0 Å². The molecule has 0 saturated heterocycles. The molecule has 0 saturated carbocycles. The van der Waals surface area contributed by atoms with Crippen LogP contribution in [0.15, 0.2) is 53.1 Å². The van der Waals surface area contributed by atoms with E-state index in [-0.39, 0.29) is 54.5 Å². The van der Waals surface area contributed by atoms with Crippen LogP contribution in [0, 0.1) is 11.6 Å². The summed E-state index contributed by atoms with van der Waals surface area (Å²) in [4.78, 5) is 15.9. The minimum atomic E-state index is -4.45. The van der Waals surface area contributed by atoms with Crippen molar-refractivity contribution in [1.29, 1.82) is 0 Å². The number of carbonyl (C=O) groups is 1. The Labute approximate surface area is 168 Å². The Morgan fingerprint density at radius 2 is 1.83 bits per heavy atom. The van der Waals surface area contributed by atoms with Crippen molar-refractivity contribution < 1.29 is 31.2 Å². The van der Waals surface area contributed by atoms with Gasteiger partial charge in [-0.2, -0.15) is 13.2 Å². The van der Waals surface area contributed by atoms with Gasteiger partial charge >= 0.3 is 6.18 Å². The van der Waals surface area contributed by atoms with Gasteiger partial charge < -0.3 is 9.73 Å². The van der Waals surface area contributed by atoms with E-state index in [1.165, 1.54) is 30.5 Å². The van der Waals surface area contributed by atoms with Gasteiger partial charge in [0.1, 0.15) is 11.6 Å². The molecule has 0 radical (unpaired) electrons. The number of benzene rings is 2. The van der Waals surface area contributed by atoms with Crippen molar-refractivity contribution in [3.63, 3.8) is 0 Å². The van der Waals surface area contributed by atoms with Gasteiger partial charge in [0, 0.05) is 25.5 Å². The number of aromatic nitrogens is 1. The average molecular weight is 424 g/mol. The molecule has 3 aromatic rings. The van der Waals surface area contributed by atoms with Crippen molar-refractivity contribution in [2.75, 3.05) is 6.54 Å². The van der Waals surface area contributed by atoms with E-state index in [0.29, 0.717) is 0 Å². The molecule has 1 heterocycles. The van der Waals surface area contributed by atoms with Crippen molar-refractivity contribution in [3.8, 4) is 11.3 Å². The lowest BCUT2D eigenvalue weighted by Crippen LogP contribution is -2.26. The van der Waals surface area contributed by atoms with Gasteiger partial charge in [0.05, 0.1) is 17.3 Å². The van der Waals surface area contributed by atoms with Crippen molar-refractivity contribution in [3.05, 3.63) is 77.3 Å². The molecule has 0 bridgehead atoms. The second-order valence-electron chi connectivity index (χ2n) is 6.50. The Morgan fingerprint density at radius 1 is 1.07 bits per heavy atom. The summed E-state index contributed by atoms with van der Waals surface area (Å²) in [5.74, 6) is -1.61. The maximum absolute atomic E-state index is 13.8. The van der Waals surface area contributed by atoms with E-state index in [2.05, 4.69) is 10.3 Å². The molecule has 9 heteroatoms. The lowest BCUT2D eigenvalue weighted by atomic mass is 10.0. The molecule has 3 rings (SSSR count). The van der Waals surface area contributed by atoms with E-state index in [1.54, 1.807) is 0 Å². The molecule has 0 aliphatic heterocycles.